The number of hydrogen-bond donors (Lipinski definition) is 3. The molecular weight excluding hydrogens is 289 g/mol. The van der Waals surface area contributed by atoms with Crippen LogP contribution in [-0.4, -0.2) is 36.9 Å². The maximum Gasteiger partial charge on any atom is 0.254 e. The number of halogens is 1. The lowest BCUT2D eigenvalue weighted by atomic mass is 10.2. The zero-order chi connectivity index (χ0) is 16.5. The molecule has 22 heavy (non-hydrogen) atoms. The molecule has 0 aromatic heterocycles. The van der Waals surface area contributed by atoms with Crippen LogP contribution in [0.5, 0.6) is 0 Å². The lowest BCUT2D eigenvalue weighted by Crippen LogP contribution is -2.48. The van der Waals surface area contributed by atoms with Crippen molar-refractivity contribution >= 4 is 17.7 Å². The Morgan fingerprint density at radius 3 is 2.50 bits per heavy atom. The molecule has 0 saturated carbocycles. The minimum Gasteiger partial charge on any atom is -0.354 e. The first-order chi connectivity index (χ1) is 10.5. The lowest BCUT2D eigenvalue weighted by Gasteiger charge is -2.14. The van der Waals surface area contributed by atoms with E-state index in [9.17, 15) is 18.8 Å². The molecule has 0 saturated heterocycles. The van der Waals surface area contributed by atoms with Crippen molar-refractivity contribution in [2.45, 2.75) is 26.3 Å². The van der Waals surface area contributed by atoms with Gasteiger partial charge in [0.1, 0.15) is 11.9 Å². The van der Waals surface area contributed by atoms with E-state index in [-0.39, 0.29) is 18.0 Å². The van der Waals surface area contributed by atoms with Crippen LogP contribution in [0.1, 0.15) is 30.6 Å². The number of hydrogen-bond acceptors (Lipinski definition) is 3. The molecule has 1 atom stereocenters. The first kappa shape index (κ1) is 17.6. The van der Waals surface area contributed by atoms with Gasteiger partial charge in [0.25, 0.3) is 5.91 Å². The Morgan fingerprint density at radius 1 is 1.18 bits per heavy atom. The fraction of sp³-hybridized carbons (Fsp3) is 0.400. The van der Waals surface area contributed by atoms with Gasteiger partial charge in [-0.15, -0.1) is 0 Å². The van der Waals surface area contributed by atoms with Crippen molar-refractivity contribution in [1.82, 2.24) is 16.0 Å². The Kier molecular flexibility index (Phi) is 7.01. The summed E-state index contributed by atoms with van der Waals surface area (Å²) in [4.78, 5) is 35.0. The number of amides is 3. The normalized spacial score (nSPS) is 11.4. The van der Waals surface area contributed by atoms with E-state index < -0.39 is 23.7 Å². The summed E-state index contributed by atoms with van der Waals surface area (Å²) in [5.74, 6) is -2.16. The van der Waals surface area contributed by atoms with Crippen molar-refractivity contribution in [1.29, 1.82) is 0 Å². The van der Waals surface area contributed by atoms with E-state index in [1.807, 2.05) is 6.92 Å². The molecule has 3 amide bonds. The highest BCUT2D eigenvalue weighted by Crippen LogP contribution is 2.05. The molecule has 1 aromatic rings. The summed E-state index contributed by atoms with van der Waals surface area (Å²) in [5, 5.41) is 7.40. The zero-order valence-corrected chi connectivity index (χ0v) is 12.6. The van der Waals surface area contributed by atoms with Crippen LogP contribution >= 0.6 is 0 Å². The van der Waals surface area contributed by atoms with Crippen LogP contribution < -0.4 is 16.0 Å². The van der Waals surface area contributed by atoms with Crippen LogP contribution in [0.25, 0.3) is 0 Å². The largest absolute Gasteiger partial charge is 0.354 e. The fourth-order valence-electron chi connectivity index (χ4n) is 1.66. The van der Waals surface area contributed by atoms with Crippen molar-refractivity contribution in [2.75, 3.05) is 13.1 Å². The molecule has 0 unspecified atom stereocenters. The second-order valence-corrected chi connectivity index (χ2v) is 4.74. The third-order valence-corrected chi connectivity index (χ3v) is 2.85. The molecule has 0 spiro atoms. The molecule has 0 bridgehead atoms. The van der Waals surface area contributed by atoms with E-state index >= 15 is 0 Å². The molecule has 120 valence electrons. The molecule has 0 aliphatic rings. The van der Waals surface area contributed by atoms with Crippen LogP contribution in [0.2, 0.25) is 0 Å². The lowest BCUT2D eigenvalue weighted by molar-refractivity contribution is -0.128. The van der Waals surface area contributed by atoms with Gasteiger partial charge in [-0.2, -0.15) is 0 Å². The van der Waals surface area contributed by atoms with Gasteiger partial charge in [0.2, 0.25) is 11.8 Å². The predicted molar refractivity (Wildman–Crippen MR) is 79.6 cm³/mol. The van der Waals surface area contributed by atoms with Crippen molar-refractivity contribution in [3.05, 3.63) is 35.6 Å². The molecule has 3 N–H and O–H groups in total. The molecule has 0 aliphatic heterocycles. The molecule has 7 heteroatoms. The zero-order valence-electron chi connectivity index (χ0n) is 12.6. The first-order valence-corrected chi connectivity index (χ1v) is 7.05. The molecule has 0 radical (unpaired) electrons. The summed E-state index contributed by atoms with van der Waals surface area (Å²) in [5.41, 5.74) is -0.135. The Balaban J connectivity index is 2.41. The van der Waals surface area contributed by atoms with Crippen molar-refractivity contribution in [2.24, 2.45) is 0 Å². The van der Waals surface area contributed by atoms with Gasteiger partial charge in [-0.1, -0.05) is 19.1 Å². The third-order valence-electron chi connectivity index (χ3n) is 2.85. The molecule has 1 aromatic carbocycles. The number of benzene rings is 1. The summed E-state index contributed by atoms with van der Waals surface area (Å²) < 4.78 is 13.4. The Labute approximate surface area is 128 Å². The Bertz CT molecular complexity index is 549. The molecule has 6 nitrogen and oxygen atoms in total. The van der Waals surface area contributed by atoms with Gasteiger partial charge in [0, 0.05) is 6.54 Å². The van der Waals surface area contributed by atoms with Crippen molar-refractivity contribution in [3.63, 3.8) is 0 Å². The van der Waals surface area contributed by atoms with Gasteiger partial charge in [-0.3, -0.25) is 14.4 Å². The highest BCUT2D eigenvalue weighted by molar-refractivity contribution is 5.97. The van der Waals surface area contributed by atoms with E-state index in [1.54, 1.807) is 6.92 Å². The minimum absolute atomic E-state index is 0.135. The fourth-order valence-corrected chi connectivity index (χ4v) is 1.66. The van der Waals surface area contributed by atoms with E-state index in [1.165, 1.54) is 18.2 Å². The van der Waals surface area contributed by atoms with E-state index in [2.05, 4.69) is 16.0 Å². The quantitative estimate of drug-likeness (QED) is 0.689. The number of nitrogens with one attached hydrogen (secondary N) is 3. The van der Waals surface area contributed by atoms with Gasteiger partial charge >= 0.3 is 0 Å². The summed E-state index contributed by atoms with van der Waals surface area (Å²) in [7, 11) is 0. The van der Waals surface area contributed by atoms with E-state index in [0.717, 1.165) is 12.5 Å². The van der Waals surface area contributed by atoms with Crippen molar-refractivity contribution < 1.29 is 18.8 Å². The number of rotatable bonds is 7. The van der Waals surface area contributed by atoms with Gasteiger partial charge in [0.05, 0.1) is 12.1 Å². The van der Waals surface area contributed by atoms with E-state index in [4.69, 9.17) is 0 Å². The molecule has 0 aliphatic carbocycles. The van der Waals surface area contributed by atoms with Gasteiger partial charge in [-0.25, -0.2) is 4.39 Å². The summed E-state index contributed by atoms with van der Waals surface area (Å²) in [6, 6.07) is 4.77. The molecule has 0 fully saturated rings. The first-order valence-electron chi connectivity index (χ1n) is 7.05. The molecule has 1 rings (SSSR count). The monoisotopic (exact) mass is 309 g/mol. The van der Waals surface area contributed by atoms with Crippen LogP contribution in [0, 0.1) is 5.82 Å². The minimum atomic E-state index is -0.704. The number of carbonyl (C=O) groups excluding carboxylic acids is 3. The smallest absolute Gasteiger partial charge is 0.254 e. The average molecular weight is 309 g/mol. The average Bonchev–Trinajstić information content (AvgIpc) is 2.50. The second kappa shape index (κ2) is 8.76. The highest BCUT2D eigenvalue weighted by atomic mass is 19.1. The summed E-state index contributed by atoms with van der Waals surface area (Å²) >= 11 is 0. The van der Waals surface area contributed by atoms with Crippen LogP contribution in [0.4, 0.5) is 4.39 Å². The molecule has 0 heterocycles. The van der Waals surface area contributed by atoms with Gasteiger partial charge < -0.3 is 16.0 Å². The van der Waals surface area contributed by atoms with Crippen LogP contribution in [0.15, 0.2) is 24.3 Å². The summed E-state index contributed by atoms with van der Waals surface area (Å²) in [6.45, 7) is 3.66. The predicted octanol–water partition coefficient (Wildman–Crippen LogP) is 0.586. The maximum atomic E-state index is 13.4. The Hall–Kier alpha value is -2.44. The Morgan fingerprint density at radius 2 is 1.86 bits per heavy atom. The van der Waals surface area contributed by atoms with Gasteiger partial charge in [-0.05, 0) is 25.5 Å². The van der Waals surface area contributed by atoms with Crippen LogP contribution in [0.3, 0.4) is 0 Å². The SMILES string of the molecule is CCCNC(=O)[C@@H](C)NC(=O)CNC(=O)c1ccccc1F. The van der Waals surface area contributed by atoms with Crippen molar-refractivity contribution in [3.8, 4) is 0 Å². The summed E-state index contributed by atoms with van der Waals surface area (Å²) in [6.07, 6.45) is 0.797. The second-order valence-electron chi connectivity index (χ2n) is 4.74. The van der Waals surface area contributed by atoms with E-state index in [0.29, 0.717) is 6.54 Å². The maximum absolute atomic E-state index is 13.4. The van der Waals surface area contributed by atoms with Crippen LogP contribution in [-0.2, 0) is 9.59 Å². The topological polar surface area (TPSA) is 87.3 Å². The highest BCUT2D eigenvalue weighted by Gasteiger charge is 2.16. The third kappa shape index (κ3) is 5.51. The standard InChI is InChI=1S/C15H20FN3O3/c1-3-8-17-14(21)10(2)19-13(20)9-18-15(22)11-6-4-5-7-12(11)16/h4-7,10H,3,8-9H2,1-2H3,(H,17,21)(H,18,22)(H,19,20)/t10-/m1/s1. The molecular formula is C15H20FN3O3. The number of carbonyl (C=O) groups is 3. The van der Waals surface area contributed by atoms with Gasteiger partial charge in [0.15, 0.2) is 0 Å².